The Labute approximate surface area is 241 Å². The summed E-state index contributed by atoms with van der Waals surface area (Å²) in [6, 6.07) is 12.6. The summed E-state index contributed by atoms with van der Waals surface area (Å²) in [5, 5.41) is 6.40. The molecular weight excluding hydrogens is 524 g/mol. The number of hydrogen-bond acceptors (Lipinski definition) is 7. The molecule has 2 N–H and O–H groups in total. The molecule has 11 nitrogen and oxygen atoms in total. The zero-order valence-corrected chi connectivity index (χ0v) is 23.8. The van der Waals surface area contributed by atoms with Gasteiger partial charge in [0, 0.05) is 70.0 Å². The van der Waals surface area contributed by atoms with Crippen molar-refractivity contribution in [2.75, 3.05) is 96.0 Å². The molecule has 3 aliphatic rings. The third kappa shape index (κ3) is 7.09. The highest BCUT2D eigenvalue weighted by molar-refractivity contribution is 6.07. The molecule has 0 aliphatic carbocycles. The van der Waals surface area contributed by atoms with Crippen LogP contribution in [-0.2, 0) is 4.74 Å². The van der Waals surface area contributed by atoms with E-state index >= 15 is 0 Å². The standard InChI is InChI=1S/C30H40N6O5/c1-40-25-6-2-5-23(21-25)28(37)32-26-22-24(29(38)34-11-3-9-31-10-14-34)7-8-27(26)33-12-4-13-35(16-15-33)30(39)36-17-19-41-20-18-36/h2,5-8,21-22,31H,3-4,9-20H2,1H3,(H,32,37). The Morgan fingerprint density at radius 3 is 2.44 bits per heavy atom. The monoisotopic (exact) mass is 564 g/mol. The fraction of sp³-hybridized carbons (Fsp3) is 0.500. The number of morpholine rings is 1. The van der Waals surface area contributed by atoms with Crippen LogP contribution in [0, 0.1) is 0 Å². The lowest BCUT2D eigenvalue weighted by molar-refractivity contribution is 0.0438. The largest absolute Gasteiger partial charge is 0.497 e. The van der Waals surface area contributed by atoms with E-state index in [0.717, 1.165) is 38.2 Å². The van der Waals surface area contributed by atoms with E-state index in [-0.39, 0.29) is 17.8 Å². The highest BCUT2D eigenvalue weighted by Crippen LogP contribution is 2.30. The van der Waals surface area contributed by atoms with Crippen molar-refractivity contribution in [1.82, 2.24) is 20.0 Å². The van der Waals surface area contributed by atoms with Gasteiger partial charge in [0.2, 0.25) is 0 Å². The molecule has 11 heteroatoms. The summed E-state index contributed by atoms with van der Waals surface area (Å²) in [4.78, 5) is 47.8. The number of rotatable bonds is 5. The molecule has 4 amide bonds. The fourth-order valence-electron chi connectivity index (χ4n) is 5.54. The molecule has 3 fully saturated rings. The first-order valence-corrected chi connectivity index (χ1v) is 14.5. The molecule has 5 rings (SSSR count). The maximum Gasteiger partial charge on any atom is 0.320 e. The van der Waals surface area contributed by atoms with E-state index in [4.69, 9.17) is 9.47 Å². The summed E-state index contributed by atoms with van der Waals surface area (Å²) >= 11 is 0. The third-order valence-electron chi connectivity index (χ3n) is 7.84. The first-order chi connectivity index (χ1) is 20.0. The van der Waals surface area contributed by atoms with Crippen molar-refractivity contribution >= 4 is 29.2 Å². The van der Waals surface area contributed by atoms with E-state index in [1.165, 1.54) is 0 Å². The van der Waals surface area contributed by atoms with Gasteiger partial charge in [-0.3, -0.25) is 9.59 Å². The highest BCUT2D eigenvalue weighted by Gasteiger charge is 2.27. The zero-order valence-electron chi connectivity index (χ0n) is 23.8. The Morgan fingerprint density at radius 1 is 0.805 bits per heavy atom. The van der Waals surface area contributed by atoms with Crippen molar-refractivity contribution in [3.8, 4) is 5.75 Å². The molecule has 3 saturated heterocycles. The average molecular weight is 565 g/mol. The number of nitrogens with one attached hydrogen (secondary N) is 2. The Kier molecular flexibility index (Phi) is 9.58. The van der Waals surface area contributed by atoms with Crippen LogP contribution in [0.3, 0.4) is 0 Å². The number of benzene rings is 2. The molecule has 41 heavy (non-hydrogen) atoms. The maximum absolute atomic E-state index is 13.5. The number of ether oxygens (including phenoxy) is 2. The van der Waals surface area contributed by atoms with Crippen LogP contribution < -0.4 is 20.3 Å². The summed E-state index contributed by atoms with van der Waals surface area (Å²) in [5.41, 5.74) is 2.40. The van der Waals surface area contributed by atoms with Crippen LogP contribution in [0.15, 0.2) is 42.5 Å². The second-order valence-electron chi connectivity index (χ2n) is 10.5. The molecule has 220 valence electrons. The van der Waals surface area contributed by atoms with Gasteiger partial charge in [-0.2, -0.15) is 0 Å². The quantitative estimate of drug-likeness (QED) is 0.574. The van der Waals surface area contributed by atoms with E-state index in [9.17, 15) is 14.4 Å². The van der Waals surface area contributed by atoms with Gasteiger partial charge in [-0.15, -0.1) is 0 Å². The fourth-order valence-corrected chi connectivity index (χ4v) is 5.54. The summed E-state index contributed by atoms with van der Waals surface area (Å²) in [6.45, 7) is 7.93. The van der Waals surface area contributed by atoms with Crippen molar-refractivity contribution in [3.05, 3.63) is 53.6 Å². The number of nitrogens with zero attached hydrogens (tertiary/aromatic N) is 4. The number of hydrogen-bond donors (Lipinski definition) is 2. The van der Waals surface area contributed by atoms with Crippen molar-refractivity contribution in [2.24, 2.45) is 0 Å². The number of anilines is 2. The molecule has 0 atom stereocenters. The smallest absolute Gasteiger partial charge is 0.320 e. The highest BCUT2D eigenvalue weighted by atomic mass is 16.5. The Hall–Kier alpha value is -3.83. The summed E-state index contributed by atoms with van der Waals surface area (Å²) in [5.74, 6) is 0.261. The first kappa shape index (κ1) is 28.7. The van der Waals surface area contributed by atoms with Gasteiger partial charge >= 0.3 is 6.03 Å². The van der Waals surface area contributed by atoms with Crippen LogP contribution in [0.25, 0.3) is 0 Å². The van der Waals surface area contributed by atoms with Crippen LogP contribution in [0.2, 0.25) is 0 Å². The average Bonchev–Trinajstić information content (AvgIpc) is 3.45. The van der Waals surface area contributed by atoms with E-state index in [2.05, 4.69) is 15.5 Å². The molecule has 3 heterocycles. The van der Waals surface area contributed by atoms with E-state index < -0.39 is 0 Å². The molecule has 0 spiro atoms. The zero-order chi connectivity index (χ0) is 28.6. The molecule has 2 aromatic carbocycles. The number of carbonyl (C=O) groups excluding carboxylic acids is 3. The van der Waals surface area contributed by atoms with E-state index in [0.29, 0.717) is 81.6 Å². The predicted octanol–water partition coefficient (Wildman–Crippen LogP) is 2.35. The molecule has 3 aliphatic heterocycles. The Morgan fingerprint density at radius 2 is 1.61 bits per heavy atom. The van der Waals surface area contributed by atoms with Crippen molar-refractivity contribution in [1.29, 1.82) is 0 Å². The minimum Gasteiger partial charge on any atom is -0.497 e. The number of amides is 4. The second kappa shape index (κ2) is 13.7. The summed E-state index contributed by atoms with van der Waals surface area (Å²) in [6.07, 6.45) is 1.69. The van der Waals surface area contributed by atoms with Gasteiger partial charge in [0.1, 0.15) is 5.75 Å². The van der Waals surface area contributed by atoms with E-state index in [1.54, 1.807) is 37.4 Å². The Bertz CT molecular complexity index is 1230. The summed E-state index contributed by atoms with van der Waals surface area (Å²) < 4.78 is 10.7. The number of methoxy groups -OCH3 is 1. The van der Waals surface area contributed by atoms with Crippen LogP contribution in [0.1, 0.15) is 33.6 Å². The van der Waals surface area contributed by atoms with Crippen molar-refractivity contribution in [2.45, 2.75) is 12.8 Å². The molecular formula is C30H40N6O5. The Balaban J connectivity index is 1.38. The first-order valence-electron chi connectivity index (χ1n) is 14.5. The van der Waals surface area contributed by atoms with Crippen molar-refractivity contribution in [3.63, 3.8) is 0 Å². The topological polar surface area (TPSA) is 107 Å². The van der Waals surface area contributed by atoms with Gasteiger partial charge in [0.05, 0.1) is 31.7 Å². The molecule has 0 bridgehead atoms. The lowest BCUT2D eigenvalue weighted by Crippen LogP contribution is -2.49. The SMILES string of the molecule is COc1cccc(C(=O)Nc2cc(C(=O)N3CCCNCC3)ccc2N2CCCN(C(=O)N3CCOCC3)CC2)c1. The molecule has 0 radical (unpaired) electrons. The lowest BCUT2D eigenvalue weighted by Gasteiger charge is -2.32. The number of carbonyl (C=O) groups is 3. The van der Waals surface area contributed by atoms with Gasteiger partial charge in [-0.1, -0.05) is 6.07 Å². The van der Waals surface area contributed by atoms with Gasteiger partial charge in [0.25, 0.3) is 11.8 Å². The third-order valence-corrected chi connectivity index (χ3v) is 7.84. The van der Waals surface area contributed by atoms with Crippen molar-refractivity contribution < 1.29 is 23.9 Å². The summed E-state index contributed by atoms with van der Waals surface area (Å²) in [7, 11) is 1.56. The van der Waals surface area contributed by atoms with Gasteiger partial charge in [-0.05, 0) is 55.8 Å². The number of urea groups is 1. The van der Waals surface area contributed by atoms with Crippen LogP contribution in [-0.4, -0.2) is 118 Å². The minimum absolute atomic E-state index is 0.0460. The predicted molar refractivity (Wildman–Crippen MR) is 157 cm³/mol. The maximum atomic E-state index is 13.5. The normalized spacial score (nSPS) is 18.4. The van der Waals surface area contributed by atoms with Gasteiger partial charge < -0.3 is 39.7 Å². The minimum atomic E-state index is -0.285. The van der Waals surface area contributed by atoms with Gasteiger partial charge in [-0.25, -0.2) is 4.79 Å². The van der Waals surface area contributed by atoms with Gasteiger partial charge in [0.15, 0.2) is 0 Å². The lowest BCUT2D eigenvalue weighted by atomic mass is 10.1. The van der Waals surface area contributed by atoms with Crippen LogP contribution >= 0.6 is 0 Å². The van der Waals surface area contributed by atoms with Crippen LogP contribution in [0.4, 0.5) is 16.2 Å². The molecule has 2 aromatic rings. The van der Waals surface area contributed by atoms with Crippen LogP contribution in [0.5, 0.6) is 5.75 Å². The molecule has 0 unspecified atom stereocenters. The van der Waals surface area contributed by atoms with E-state index in [1.807, 2.05) is 26.8 Å². The second-order valence-corrected chi connectivity index (χ2v) is 10.5. The molecule has 0 saturated carbocycles. The molecule has 0 aromatic heterocycles.